The Morgan fingerprint density at radius 3 is 2.53 bits per heavy atom. The Kier molecular flexibility index (Phi) is 6.14. The largest absolute Gasteiger partial charge is 0.352 e. The van der Waals surface area contributed by atoms with Crippen LogP contribution in [0.5, 0.6) is 0 Å². The van der Waals surface area contributed by atoms with E-state index in [0.717, 1.165) is 27.2 Å². The third kappa shape index (κ3) is 4.87. The minimum atomic E-state index is -0.247. The molecule has 0 spiro atoms. The molecule has 7 heteroatoms. The quantitative estimate of drug-likeness (QED) is 0.127. The van der Waals surface area contributed by atoms with Crippen LogP contribution in [0.25, 0.3) is 21.7 Å². The zero-order valence-electron chi connectivity index (χ0n) is 18.1. The molecule has 0 bridgehead atoms. The number of carbonyl (C=O) groups is 1. The monoisotopic (exact) mass is 465 g/mol. The highest BCUT2D eigenvalue weighted by Crippen LogP contribution is 2.22. The zero-order valence-corrected chi connectivity index (χ0v) is 18.8. The summed E-state index contributed by atoms with van der Waals surface area (Å²) in [4.78, 5) is 16.0. The Morgan fingerprint density at radius 1 is 0.853 bits per heavy atom. The van der Waals surface area contributed by atoms with Gasteiger partial charge in [-0.3, -0.25) is 4.79 Å². The van der Waals surface area contributed by atoms with Crippen molar-refractivity contribution < 1.29 is 4.79 Å². The minimum Gasteiger partial charge on any atom is -0.352 e. The lowest BCUT2D eigenvalue weighted by molar-refractivity contribution is -0.120. The maximum absolute atomic E-state index is 12.8. The van der Waals surface area contributed by atoms with Crippen LogP contribution in [-0.2, 0) is 11.2 Å². The first kappa shape index (κ1) is 21.6. The number of nitrogens with zero attached hydrogens (tertiary/aromatic N) is 3. The molecule has 2 N–H and O–H groups in total. The molecule has 4 aromatic carbocycles. The number of hydrogen-bond acceptors (Lipinski definition) is 3. The zero-order chi connectivity index (χ0) is 23.3. The van der Waals surface area contributed by atoms with E-state index in [0.29, 0.717) is 16.4 Å². The summed E-state index contributed by atoms with van der Waals surface area (Å²) in [6.07, 6.45) is 0.191. The molecule has 6 nitrogen and oxygen atoms in total. The molecule has 0 fully saturated rings. The van der Waals surface area contributed by atoms with Gasteiger partial charge in [0.2, 0.25) is 11.7 Å². The Morgan fingerprint density at radius 2 is 1.65 bits per heavy atom. The SMILES string of the molecule is O=C(Cc1cccc2ccccc12)N/N=C(\N=Nc1ccccc1)c1cc2cc(Cl)ccc2[nH]1. The first-order valence-electron chi connectivity index (χ1n) is 10.7. The maximum atomic E-state index is 12.8. The number of azo groups is 1. The molecular formula is C27H20ClN5O. The number of hydrogen-bond donors (Lipinski definition) is 2. The van der Waals surface area contributed by atoms with E-state index in [1.54, 1.807) is 6.07 Å². The normalized spacial score (nSPS) is 12.0. The van der Waals surface area contributed by atoms with E-state index >= 15 is 0 Å². The van der Waals surface area contributed by atoms with E-state index in [9.17, 15) is 4.79 Å². The second-order valence-electron chi connectivity index (χ2n) is 7.74. The van der Waals surface area contributed by atoms with Crippen LogP contribution >= 0.6 is 11.6 Å². The molecule has 1 heterocycles. The number of aromatic amines is 1. The topological polar surface area (TPSA) is 82.0 Å². The Bertz CT molecular complexity index is 1530. The predicted molar refractivity (Wildman–Crippen MR) is 137 cm³/mol. The molecule has 1 aromatic heterocycles. The van der Waals surface area contributed by atoms with Crippen LogP contribution < -0.4 is 5.43 Å². The van der Waals surface area contributed by atoms with Gasteiger partial charge >= 0.3 is 0 Å². The van der Waals surface area contributed by atoms with Gasteiger partial charge in [-0.1, -0.05) is 72.3 Å². The molecule has 0 saturated heterocycles. The summed E-state index contributed by atoms with van der Waals surface area (Å²) in [5.74, 6) is 0.00497. The number of nitrogens with one attached hydrogen (secondary N) is 2. The number of hydrazone groups is 1. The number of amides is 1. The van der Waals surface area contributed by atoms with Crippen molar-refractivity contribution in [2.75, 3.05) is 0 Å². The average Bonchev–Trinajstić information content (AvgIpc) is 3.28. The third-order valence-electron chi connectivity index (χ3n) is 5.36. The van der Waals surface area contributed by atoms with Gasteiger partial charge in [0.1, 0.15) is 0 Å². The summed E-state index contributed by atoms with van der Waals surface area (Å²) in [6, 6.07) is 30.7. The fraction of sp³-hybridized carbons (Fsp3) is 0.0370. The van der Waals surface area contributed by atoms with Crippen LogP contribution in [0.4, 0.5) is 5.69 Å². The summed E-state index contributed by atoms with van der Waals surface area (Å²) >= 11 is 6.13. The lowest BCUT2D eigenvalue weighted by atomic mass is 10.0. The average molecular weight is 466 g/mol. The first-order valence-corrected chi connectivity index (χ1v) is 11.1. The van der Waals surface area contributed by atoms with E-state index in [2.05, 4.69) is 25.7 Å². The number of carbonyl (C=O) groups excluding carboxylic acids is 1. The van der Waals surface area contributed by atoms with E-state index in [4.69, 9.17) is 11.6 Å². The molecule has 0 aliphatic heterocycles. The van der Waals surface area contributed by atoms with Crippen molar-refractivity contribution in [2.24, 2.45) is 15.3 Å². The highest BCUT2D eigenvalue weighted by molar-refractivity contribution is 6.31. The van der Waals surface area contributed by atoms with Crippen LogP contribution in [0.3, 0.4) is 0 Å². The van der Waals surface area contributed by atoms with Gasteiger partial charge in [0.25, 0.3) is 0 Å². The number of benzene rings is 4. The Labute approximate surface area is 201 Å². The Hall–Kier alpha value is -4.29. The van der Waals surface area contributed by atoms with Crippen LogP contribution in [0.1, 0.15) is 11.3 Å². The lowest BCUT2D eigenvalue weighted by Crippen LogP contribution is -2.21. The van der Waals surface area contributed by atoms with Crippen molar-refractivity contribution in [1.29, 1.82) is 0 Å². The first-order chi connectivity index (χ1) is 16.7. The van der Waals surface area contributed by atoms with Crippen LogP contribution in [-0.4, -0.2) is 16.7 Å². The van der Waals surface area contributed by atoms with E-state index < -0.39 is 0 Å². The molecule has 0 aliphatic rings. The molecule has 166 valence electrons. The number of halogens is 1. The summed E-state index contributed by atoms with van der Waals surface area (Å²) in [7, 11) is 0. The van der Waals surface area contributed by atoms with Crippen molar-refractivity contribution in [2.45, 2.75) is 6.42 Å². The minimum absolute atomic E-state index is 0.191. The molecule has 5 rings (SSSR count). The predicted octanol–water partition coefficient (Wildman–Crippen LogP) is 6.78. The van der Waals surface area contributed by atoms with Crippen molar-refractivity contribution in [1.82, 2.24) is 10.4 Å². The fourth-order valence-electron chi connectivity index (χ4n) is 3.73. The molecule has 0 saturated carbocycles. The van der Waals surface area contributed by atoms with Gasteiger partial charge < -0.3 is 4.98 Å². The van der Waals surface area contributed by atoms with E-state index in [1.807, 2.05) is 91.0 Å². The highest BCUT2D eigenvalue weighted by atomic mass is 35.5. The van der Waals surface area contributed by atoms with Gasteiger partial charge in [-0.05, 0) is 52.7 Å². The standard InChI is InChI=1S/C27H20ClN5O/c28-21-13-14-24-20(15-21)16-25(29-24)27(32-30-22-10-2-1-3-11-22)33-31-26(34)17-19-9-6-8-18-7-4-5-12-23(18)19/h1-16,29H,17H2,(H,31,34)/b32-30?,33-27-. The lowest BCUT2D eigenvalue weighted by Gasteiger charge is -2.06. The molecule has 5 aromatic rings. The van der Waals surface area contributed by atoms with Gasteiger partial charge in [-0.2, -0.15) is 0 Å². The highest BCUT2D eigenvalue weighted by Gasteiger charge is 2.11. The maximum Gasteiger partial charge on any atom is 0.244 e. The molecular weight excluding hydrogens is 446 g/mol. The van der Waals surface area contributed by atoms with Gasteiger partial charge in [-0.15, -0.1) is 15.3 Å². The van der Waals surface area contributed by atoms with Crippen LogP contribution in [0.2, 0.25) is 5.02 Å². The molecule has 1 amide bonds. The van der Waals surface area contributed by atoms with Crippen LogP contribution in [0, 0.1) is 0 Å². The van der Waals surface area contributed by atoms with E-state index in [-0.39, 0.29) is 18.2 Å². The molecule has 0 unspecified atom stereocenters. The smallest absolute Gasteiger partial charge is 0.244 e. The molecule has 0 atom stereocenters. The molecule has 34 heavy (non-hydrogen) atoms. The number of aromatic nitrogens is 1. The second-order valence-corrected chi connectivity index (χ2v) is 8.17. The van der Waals surface area contributed by atoms with Crippen molar-refractivity contribution in [3.63, 3.8) is 0 Å². The number of H-pyrrole nitrogens is 1. The third-order valence-corrected chi connectivity index (χ3v) is 5.59. The Balaban J connectivity index is 1.43. The summed E-state index contributed by atoms with van der Waals surface area (Å²) < 4.78 is 0. The van der Waals surface area contributed by atoms with Crippen molar-refractivity contribution in [3.8, 4) is 0 Å². The van der Waals surface area contributed by atoms with Gasteiger partial charge in [0.15, 0.2) is 0 Å². The summed E-state index contributed by atoms with van der Waals surface area (Å²) in [5, 5.41) is 16.5. The van der Waals surface area contributed by atoms with Crippen LogP contribution in [0.15, 0.2) is 112 Å². The fourth-order valence-corrected chi connectivity index (χ4v) is 3.92. The summed E-state index contributed by atoms with van der Waals surface area (Å²) in [6.45, 7) is 0. The van der Waals surface area contributed by atoms with Gasteiger partial charge in [-0.25, -0.2) is 5.43 Å². The summed E-state index contributed by atoms with van der Waals surface area (Å²) in [5.41, 5.74) is 5.73. The van der Waals surface area contributed by atoms with E-state index in [1.165, 1.54) is 0 Å². The number of rotatable bonds is 5. The molecule has 0 aliphatic carbocycles. The van der Waals surface area contributed by atoms with Crippen molar-refractivity contribution >= 4 is 50.7 Å². The molecule has 0 radical (unpaired) electrons. The number of amidine groups is 1. The van der Waals surface area contributed by atoms with Gasteiger partial charge in [0, 0.05) is 15.9 Å². The van der Waals surface area contributed by atoms with Gasteiger partial charge in [0.05, 0.1) is 17.8 Å². The number of fused-ring (bicyclic) bond motifs is 2. The van der Waals surface area contributed by atoms with Crippen molar-refractivity contribution in [3.05, 3.63) is 113 Å². The second kappa shape index (κ2) is 9.68.